The van der Waals surface area contributed by atoms with Crippen LogP contribution in [-0.4, -0.2) is 53.7 Å². The fourth-order valence-electron chi connectivity index (χ4n) is 5.26. The molecule has 0 aromatic heterocycles. The molecule has 2 aromatic rings. The zero-order chi connectivity index (χ0) is 25.4. The number of hydrogen-bond donors (Lipinski definition) is 2. The summed E-state index contributed by atoms with van der Waals surface area (Å²) in [6.07, 6.45) is 0.206. The molecule has 1 saturated heterocycles. The fourth-order valence-corrected chi connectivity index (χ4v) is 5.26. The minimum Gasteiger partial charge on any atom is -0.481 e. The number of alkyl carbamates (subject to hydrolysis) is 1. The molecule has 2 atom stereocenters. The number of carbonyl (C=O) groups excluding carboxylic acids is 2. The van der Waals surface area contributed by atoms with E-state index in [1.54, 1.807) is 4.90 Å². The Morgan fingerprint density at radius 1 is 1.09 bits per heavy atom. The Morgan fingerprint density at radius 2 is 1.66 bits per heavy atom. The first-order valence-corrected chi connectivity index (χ1v) is 12.2. The van der Waals surface area contributed by atoms with Gasteiger partial charge in [0.05, 0.1) is 5.41 Å². The number of rotatable bonds is 6. The SMILES string of the molecule is CCC1(C(=O)O)CCN(C(=O)C(NC(=O)OCC2c3ccccc3-c3ccccc32)C(C)(C)C)C1. The van der Waals surface area contributed by atoms with Gasteiger partial charge in [-0.05, 0) is 40.5 Å². The van der Waals surface area contributed by atoms with Crippen molar-refractivity contribution in [1.29, 1.82) is 0 Å². The molecule has 1 aliphatic heterocycles. The Labute approximate surface area is 206 Å². The molecule has 2 aliphatic rings. The molecule has 0 bridgehead atoms. The number of aliphatic carboxylic acids is 1. The van der Waals surface area contributed by atoms with Crippen molar-refractivity contribution in [1.82, 2.24) is 10.2 Å². The topological polar surface area (TPSA) is 95.9 Å². The average Bonchev–Trinajstić information content (AvgIpc) is 3.41. The third-order valence-electron chi connectivity index (χ3n) is 7.51. The summed E-state index contributed by atoms with van der Waals surface area (Å²) >= 11 is 0. The van der Waals surface area contributed by atoms with E-state index in [9.17, 15) is 19.5 Å². The van der Waals surface area contributed by atoms with Crippen molar-refractivity contribution in [3.63, 3.8) is 0 Å². The van der Waals surface area contributed by atoms with E-state index in [1.807, 2.05) is 52.0 Å². The van der Waals surface area contributed by atoms with E-state index in [-0.39, 0.29) is 25.0 Å². The van der Waals surface area contributed by atoms with Crippen LogP contribution in [0.15, 0.2) is 48.5 Å². The Bertz CT molecular complexity index is 1090. The summed E-state index contributed by atoms with van der Waals surface area (Å²) < 4.78 is 5.66. The highest BCUT2D eigenvalue weighted by Gasteiger charge is 2.47. The Balaban J connectivity index is 1.45. The molecule has 2 amide bonds. The largest absolute Gasteiger partial charge is 0.481 e. The molecule has 2 aromatic carbocycles. The normalized spacial score (nSPS) is 20.2. The predicted molar refractivity (Wildman–Crippen MR) is 133 cm³/mol. The second-order valence-corrected chi connectivity index (χ2v) is 10.7. The summed E-state index contributed by atoms with van der Waals surface area (Å²) in [5, 5.41) is 12.5. The van der Waals surface area contributed by atoms with Crippen molar-refractivity contribution in [2.45, 2.75) is 52.5 Å². The highest BCUT2D eigenvalue weighted by Crippen LogP contribution is 2.44. The lowest BCUT2D eigenvalue weighted by atomic mass is 9.84. The van der Waals surface area contributed by atoms with Gasteiger partial charge in [-0.15, -0.1) is 0 Å². The van der Waals surface area contributed by atoms with E-state index < -0.39 is 28.9 Å². The maximum atomic E-state index is 13.4. The molecule has 2 N–H and O–H groups in total. The number of ether oxygens (including phenoxy) is 1. The molecule has 7 heteroatoms. The number of carboxylic acids is 1. The van der Waals surface area contributed by atoms with E-state index in [1.165, 1.54) is 0 Å². The van der Waals surface area contributed by atoms with Gasteiger partial charge in [0.25, 0.3) is 0 Å². The fraction of sp³-hybridized carbons (Fsp3) is 0.464. The van der Waals surface area contributed by atoms with Crippen molar-refractivity contribution in [2.75, 3.05) is 19.7 Å². The van der Waals surface area contributed by atoms with Crippen LogP contribution in [0.3, 0.4) is 0 Å². The maximum absolute atomic E-state index is 13.4. The van der Waals surface area contributed by atoms with Crippen LogP contribution in [0.5, 0.6) is 0 Å². The standard InChI is InChI=1S/C28H34N2O5/c1-5-28(25(32)33)14-15-30(17-28)24(31)23(27(2,3)4)29-26(34)35-16-22-20-12-8-6-10-18(20)19-11-7-9-13-21(19)22/h6-13,22-23H,5,14-17H2,1-4H3,(H,29,34)(H,32,33). The maximum Gasteiger partial charge on any atom is 0.407 e. The summed E-state index contributed by atoms with van der Waals surface area (Å²) in [6.45, 7) is 8.12. The Morgan fingerprint density at radius 3 is 2.14 bits per heavy atom. The van der Waals surface area contributed by atoms with E-state index >= 15 is 0 Å². The smallest absolute Gasteiger partial charge is 0.407 e. The van der Waals surface area contributed by atoms with Gasteiger partial charge in [-0.2, -0.15) is 0 Å². The molecular weight excluding hydrogens is 444 g/mol. The van der Waals surface area contributed by atoms with Crippen LogP contribution < -0.4 is 5.32 Å². The van der Waals surface area contributed by atoms with Crippen LogP contribution >= 0.6 is 0 Å². The van der Waals surface area contributed by atoms with Gasteiger partial charge in [0.1, 0.15) is 12.6 Å². The number of amides is 2. The molecule has 186 valence electrons. The van der Waals surface area contributed by atoms with E-state index in [4.69, 9.17) is 4.74 Å². The van der Waals surface area contributed by atoms with Crippen molar-refractivity contribution in [2.24, 2.45) is 10.8 Å². The Kier molecular flexibility index (Phi) is 6.62. The summed E-state index contributed by atoms with van der Waals surface area (Å²) in [7, 11) is 0. The van der Waals surface area contributed by atoms with Gasteiger partial charge in [-0.3, -0.25) is 9.59 Å². The van der Waals surface area contributed by atoms with Crippen LogP contribution in [0.2, 0.25) is 0 Å². The second-order valence-electron chi connectivity index (χ2n) is 10.7. The quantitative estimate of drug-likeness (QED) is 0.630. The zero-order valence-corrected chi connectivity index (χ0v) is 20.8. The lowest BCUT2D eigenvalue weighted by Gasteiger charge is -2.33. The summed E-state index contributed by atoms with van der Waals surface area (Å²) in [5.41, 5.74) is 3.02. The highest BCUT2D eigenvalue weighted by molar-refractivity contribution is 5.88. The lowest BCUT2D eigenvalue weighted by molar-refractivity contribution is -0.149. The first-order valence-electron chi connectivity index (χ1n) is 12.2. The molecule has 7 nitrogen and oxygen atoms in total. The first kappa shape index (κ1) is 24.8. The second kappa shape index (κ2) is 9.36. The zero-order valence-electron chi connectivity index (χ0n) is 20.8. The molecular formula is C28H34N2O5. The molecule has 1 fully saturated rings. The van der Waals surface area contributed by atoms with Gasteiger partial charge in [0.15, 0.2) is 0 Å². The van der Waals surface area contributed by atoms with Gasteiger partial charge in [-0.1, -0.05) is 76.2 Å². The number of fused-ring (bicyclic) bond motifs is 3. The van der Waals surface area contributed by atoms with Gasteiger partial charge in [-0.25, -0.2) is 4.79 Å². The van der Waals surface area contributed by atoms with Gasteiger partial charge >= 0.3 is 12.1 Å². The van der Waals surface area contributed by atoms with Gasteiger partial charge in [0, 0.05) is 19.0 Å². The Hall–Kier alpha value is -3.35. The predicted octanol–water partition coefficient (Wildman–Crippen LogP) is 4.65. The van der Waals surface area contributed by atoms with Gasteiger partial charge < -0.3 is 20.1 Å². The van der Waals surface area contributed by atoms with Crippen LogP contribution in [0.1, 0.15) is 57.6 Å². The van der Waals surface area contributed by atoms with Crippen LogP contribution in [-0.2, 0) is 14.3 Å². The molecule has 0 radical (unpaired) electrons. The summed E-state index contributed by atoms with van der Waals surface area (Å²) in [6, 6.07) is 15.4. The third kappa shape index (κ3) is 4.64. The minimum atomic E-state index is -0.929. The monoisotopic (exact) mass is 478 g/mol. The van der Waals surface area contributed by atoms with E-state index in [0.717, 1.165) is 22.3 Å². The number of hydrogen-bond acceptors (Lipinski definition) is 4. The van der Waals surface area contributed by atoms with E-state index in [2.05, 4.69) is 29.6 Å². The minimum absolute atomic E-state index is 0.0729. The van der Waals surface area contributed by atoms with Crippen molar-refractivity contribution >= 4 is 18.0 Å². The molecule has 1 aliphatic carbocycles. The highest BCUT2D eigenvalue weighted by atomic mass is 16.5. The number of likely N-dealkylation sites (tertiary alicyclic amines) is 1. The number of nitrogens with zero attached hydrogens (tertiary/aromatic N) is 1. The van der Waals surface area contributed by atoms with Crippen molar-refractivity contribution in [3.8, 4) is 11.1 Å². The van der Waals surface area contributed by atoms with Crippen LogP contribution in [0, 0.1) is 10.8 Å². The molecule has 1 heterocycles. The third-order valence-corrected chi connectivity index (χ3v) is 7.51. The van der Waals surface area contributed by atoms with Crippen LogP contribution in [0.25, 0.3) is 11.1 Å². The lowest BCUT2D eigenvalue weighted by Crippen LogP contribution is -2.55. The average molecular weight is 479 g/mol. The molecule has 0 saturated carbocycles. The molecule has 4 rings (SSSR count). The molecule has 35 heavy (non-hydrogen) atoms. The molecule has 2 unspecified atom stereocenters. The summed E-state index contributed by atoms with van der Waals surface area (Å²) in [5.74, 6) is -1.23. The number of carbonyl (C=O) groups is 3. The summed E-state index contributed by atoms with van der Waals surface area (Å²) in [4.78, 5) is 39.7. The number of benzene rings is 2. The number of carboxylic acid groups (broad SMARTS) is 1. The molecule has 0 spiro atoms. The van der Waals surface area contributed by atoms with Gasteiger partial charge in [0.2, 0.25) is 5.91 Å². The first-order chi connectivity index (χ1) is 16.6. The van der Waals surface area contributed by atoms with E-state index in [0.29, 0.717) is 19.4 Å². The van der Waals surface area contributed by atoms with Crippen molar-refractivity contribution < 1.29 is 24.2 Å². The van der Waals surface area contributed by atoms with Crippen LogP contribution in [0.4, 0.5) is 4.79 Å². The van der Waals surface area contributed by atoms with Crippen molar-refractivity contribution in [3.05, 3.63) is 59.7 Å². The number of nitrogens with one attached hydrogen (secondary N) is 1.